The van der Waals surface area contributed by atoms with Crippen LogP contribution in [0.1, 0.15) is 24.5 Å². The number of benzene rings is 1. The summed E-state index contributed by atoms with van der Waals surface area (Å²) in [6.45, 7) is 1.97. The third kappa shape index (κ3) is 4.59. The summed E-state index contributed by atoms with van der Waals surface area (Å²) < 4.78 is 0. The van der Waals surface area contributed by atoms with Crippen LogP contribution in [-0.4, -0.2) is 12.5 Å². The molecule has 0 bridgehead atoms. The van der Waals surface area contributed by atoms with Crippen LogP contribution in [-0.2, 0) is 4.79 Å². The minimum Gasteiger partial charge on any atom is -0.355 e. The van der Waals surface area contributed by atoms with E-state index in [0.717, 1.165) is 0 Å². The Morgan fingerprint density at radius 3 is 2.88 bits per heavy atom. The van der Waals surface area contributed by atoms with Gasteiger partial charge in [-0.3, -0.25) is 4.79 Å². The van der Waals surface area contributed by atoms with E-state index in [0.29, 0.717) is 29.1 Å². The Balaban J connectivity index is 2.66. The highest BCUT2D eigenvalue weighted by Gasteiger charge is 1.99. The van der Waals surface area contributed by atoms with E-state index < -0.39 is 0 Å². The van der Waals surface area contributed by atoms with Gasteiger partial charge < -0.3 is 5.32 Å². The first-order chi connectivity index (χ1) is 8.13. The summed E-state index contributed by atoms with van der Waals surface area (Å²) in [6.07, 6.45) is 0.549. The first-order valence-corrected chi connectivity index (χ1v) is 5.44. The summed E-state index contributed by atoms with van der Waals surface area (Å²) in [7, 11) is 0. The van der Waals surface area contributed by atoms with Gasteiger partial charge in [0.25, 0.3) is 0 Å². The highest BCUT2D eigenvalue weighted by molar-refractivity contribution is 6.30. The number of rotatable bonds is 2. The monoisotopic (exact) mass is 246 g/mol. The molecule has 3 nitrogen and oxygen atoms in total. The van der Waals surface area contributed by atoms with E-state index in [1.54, 1.807) is 18.2 Å². The van der Waals surface area contributed by atoms with Gasteiger partial charge in [-0.15, -0.1) is 0 Å². The van der Waals surface area contributed by atoms with Gasteiger partial charge in [0, 0.05) is 30.5 Å². The number of nitrogens with one attached hydrogen (secondary N) is 1. The Hall–Kier alpha value is -1.97. The Labute approximate surface area is 105 Å². The number of carbonyl (C=O) groups excluding carboxylic acids is 1. The summed E-state index contributed by atoms with van der Waals surface area (Å²) in [5.74, 6) is 5.70. The van der Waals surface area contributed by atoms with E-state index in [9.17, 15) is 4.79 Å². The number of nitrogens with zero attached hydrogens (tertiary/aromatic N) is 1. The summed E-state index contributed by atoms with van der Waals surface area (Å²) >= 11 is 5.77. The predicted octanol–water partition coefficient (Wildman–Crippen LogP) is 2.09. The smallest absolute Gasteiger partial charge is 0.216 e. The molecule has 0 spiro atoms. The molecule has 0 aliphatic rings. The Morgan fingerprint density at radius 2 is 2.24 bits per heavy atom. The Morgan fingerprint density at radius 1 is 1.47 bits per heavy atom. The van der Waals surface area contributed by atoms with Gasteiger partial charge in [-0.25, -0.2) is 0 Å². The number of amides is 1. The van der Waals surface area contributed by atoms with Gasteiger partial charge in [-0.1, -0.05) is 23.4 Å². The zero-order valence-corrected chi connectivity index (χ0v) is 10.1. The fourth-order valence-electron chi connectivity index (χ4n) is 1.18. The highest BCUT2D eigenvalue weighted by atomic mass is 35.5. The van der Waals surface area contributed by atoms with Crippen LogP contribution in [0.2, 0.25) is 5.02 Å². The summed E-state index contributed by atoms with van der Waals surface area (Å²) in [5, 5.41) is 12.0. The van der Waals surface area contributed by atoms with Crippen molar-refractivity contribution >= 4 is 17.5 Å². The van der Waals surface area contributed by atoms with Gasteiger partial charge >= 0.3 is 0 Å². The molecule has 1 N–H and O–H groups in total. The van der Waals surface area contributed by atoms with Crippen LogP contribution in [0.25, 0.3) is 0 Å². The van der Waals surface area contributed by atoms with Crippen molar-refractivity contribution in [1.29, 1.82) is 5.26 Å². The van der Waals surface area contributed by atoms with Gasteiger partial charge in [0.05, 0.1) is 5.56 Å². The van der Waals surface area contributed by atoms with Crippen molar-refractivity contribution in [3.05, 3.63) is 34.3 Å². The molecule has 0 heterocycles. The largest absolute Gasteiger partial charge is 0.355 e. The molecule has 86 valence electrons. The van der Waals surface area contributed by atoms with Crippen LogP contribution in [0.4, 0.5) is 0 Å². The normalized spacial score (nSPS) is 8.76. The summed E-state index contributed by atoms with van der Waals surface area (Å²) in [5.41, 5.74) is 1.12. The molecule has 0 saturated heterocycles. The lowest BCUT2D eigenvalue weighted by atomic mass is 10.1. The van der Waals surface area contributed by atoms with Crippen LogP contribution < -0.4 is 5.32 Å². The first kappa shape index (κ1) is 13.1. The maximum Gasteiger partial charge on any atom is 0.216 e. The van der Waals surface area contributed by atoms with E-state index in [-0.39, 0.29) is 5.91 Å². The van der Waals surface area contributed by atoms with E-state index in [1.165, 1.54) is 6.92 Å². The van der Waals surface area contributed by atoms with Gasteiger partial charge in [-0.2, -0.15) is 5.26 Å². The maximum absolute atomic E-state index is 10.6. The lowest BCUT2D eigenvalue weighted by Crippen LogP contribution is -2.20. The van der Waals surface area contributed by atoms with Gasteiger partial charge in [-0.05, 0) is 18.2 Å². The van der Waals surface area contributed by atoms with Crippen LogP contribution in [0.5, 0.6) is 0 Å². The molecule has 0 aliphatic heterocycles. The molecule has 0 aliphatic carbocycles. The number of halogens is 1. The lowest BCUT2D eigenvalue weighted by Gasteiger charge is -1.96. The number of hydrogen-bond acceptors (Lipinski definition) is 2. The molecule has 1 aromatic rings. The maximum atomic E-state index is 10.6. The van der Waals surface area contributed by atoms with Crippen molar-refractivity contribution in [2.45, 2.75) is 13.3 Å². The molecule has 4 heteroatoms. The second kappa shape index (κ2) is 6.58. The molecular formula is C13H11ClN2O. The number of nitriles is 1. The molecular weight excluding hydrogens is 236 g/mol. The van der Waals surface area contributed by atoms with Crippen LogP contribution in [0.3, 0.4) is 0 Å². The summed E-state index contributed by atoms with van der Waals surface area (Å²) in [6, 6.07) is 7.03. The number of hydrogen-bond donors (Lipinski definition) is 1. The van der Waals surface area contributed by atoms with Crippen LogP contribution >= 0.6 is 11.6 Å². The van der Waals surface area contributed by atoms with Crippen molar-refractivity contribution in [2.75, 3.05) is 6.54 Å². The van der Waals surface area contributed by atoms with E-state index in [2.05, 4.69) is 17.2 Å². The quantitative estimate of drug-likeness (QED) is 0.642. The van der Waals surface area contributed by atoms with Gasteiger partial charge in [0.2, 0.25) is 5.91 Å². The zero-order chi connectivity index (χ0) is 12.7. The third-order valence-electron chi connectivity index (χ3n) is 1.95. The average Bonchev–Trinajstić information content (AvgIpc) is 2.29. The molecule has 0 aromatic heterocycles. The average molecular weight is 247 g/mol. The van der Waals surface area contributed by atoms with Gasteiger partial charge in [0.15, 0.2) is 0 Å². The molecule has 0 radical (unpaired) electrons. The zero-order valence-electron chi connectivity index (χ0n) is 9.38. The Kier molecular flexibility index (Phi) is 5.07. The fraction of sp³-hybridized carbons (Fsp3) is 0.231. The third-order valence-corrected chi connectivity index (χ3v) is 2.18. The lowest BCUT2D eigenvalue weighted by molar-refractivity contribution is -0.118. The molecule has 1 rings (SSSR count). The second-order valence-electron chi connectivity index (χ2n) is 3.34. The SMILES string of the molecule is CC(=O)NCCC#Cc1ccc(Cl)cc1C#N. The molecule has 0 fully saturated rings. The van der Waals surface area contributed by atoms with Crippen LogP contribution in [0.15, 0.2) is 18.2 Å². The molecule has 0 unspecified atom stereocenters. The van der Waals surface area contributed by atoms with Crippen molar-refractivity contribution in [1.82, 2.24) is 5.32 Å². The fourth-order valence-corrected chi connectivity index (χ4v) is 1.35. The van der Waals surface area contributed by atoms with Crippen molar-refractivity contribution < 1.29 is 4.79 Å². The van der Waals surface area contributed by atoms with E-state index in [4.69, 9.17) is 16.9 Å². The van der Waals surface area contributed by atoms with Crippen molar-refractivity contribution in [2.24, 2.45) is 0 Å². The van der Waals surface area contributed by atoms with E-state index in [1.807, 2.05) is 6.07 Å². The Bertz CT molecular complexity index is 520. The van der Waals surface area contributed by atoms with Crippen LogP contribution in [0, 0.1) is 23.2 Å². The first-order valence-electron chi connectivity index (χ1n) is 5.06. The minimum atomic E-state index is -0.0731. The second-order valence-corrected chi connectivity index (χ2v) is 3.77. The van der Waals surface area contributed by atoms with E-state index >= 15 is 0 Å². The topological polar surface area (TPSA) is 52.9 Å². The number of carbonyl (C=O) groups is 1. The van der Waals surface area contributed by atoms with Crippen molar-refractivity contribution in [3.8, 4) is 17.9 Å². The molecule has 17 heavy (non-hydrogen) atoms. The minimum absolute atomic E-state index is 0.0731. The molecule has 0 saturated carbocycles. The molecule has 0 atom stereocenters. The highest BCUT2D eigenvalue weighted by Crippen LogP contribution is 2.14. The van der Waals surface area contributed by atoms with Gasteiger partial charge in [0.1, 0.15) is 6.07 Å². The van der Waals surface area contributed by atoms with Crippen molar-refractivity contribution in [3.63, 3.8) is 0 Å². The summed E-state index contributed by atoms with van der Waals surface area (Å²) in [4.78, 5) is 10.6. The molecule has 1 aromatic carbocycles. The standard InChI is InChI=1S/C13H11ClN2O/c1-10(17)16-7-3-2-4-11-5-6-13(14)8-12(11)9-15/h5-6,8H,3,7H2,1H3,(H,16,17). The molecule has 1 amide bonds. The predicted molar refractivity (Wildman–Crippen MR) is 66.3 cm³/mol.